The third kappa shape index (κ3) is 15.8. The average molecular weight is 782 g/mol. The fourth-order valence-electron chi connectivity index (χ4n) is 5.64. The zero-order chi connectivity index (χ0) is 42.1. The van der Waals surface area contributed by atoms with Crippen LogP contribution in [0.3, 0.4) is 0 Å². The third-order valence-corrected chi connectivity index (χ3v) is 8.57. The highest BCUT2D eigenvalue weighted by Gasteiger charge is 2.35. The van der Waals surface area contributed by atoms with Gasteiger partial charge in [-0.15, -0.1) is 0 Å². The number of hydrogen-bond acceptors (Lipinski definition) is 8. The molecular formula is C39H55N7O10. The van der Waals surface area contributed by atoms with Crippen molar-refractivity contribution in [1.29, 1.82) is 0 Å². The first-order valence-corrected chi connectivity index (χ1v) is 18.4. The number of primary amides is 1. The minimum Gasteiger partial charge on any atom is -0.481 e. The number of hydrogen-bond donors (Lipinski definition) is 8. The number of rotatable bonds is 22. The summed E-state index contributed by atoms with van der Waals surface area (Å²) in [5, 5.41) is 31.2. The van der Waals surface area contributed by atoms with Gasteiger partial charge in [-0.3, -0.25) is 28.8 Å². The molecule has 17 heteroatoms. The zero-order valence-electron chi connectivity index (χ0n) is 32.6. The van der Waals surface area contributed by atoms with Crippen molar-refractivity contribution >= 4 is 47.5 Å². The number of aliphatic carboxylic acids is 2. The molecule has 0 radical (unpaired) electrons. The molecule has 9 N–H and O–H groups in total. The number of nitrogens with zero attached hydrogens (tertiary/aromatic N) is 1. The first-order chi connectivity index (χ1) is 26.3. The first-order valence-electron chi connectivity index (χ1n) is 18.4. The lowest BCUT2D eigenvalue weighted by Crippen LogP contribution is -2.61. The summed E-state index contributed by atoms with van der Waals surface area (Å²) in [4.78, 5) is 104. The second-order valence-electron chi connectivity index (χ2n) is 14.6. The number of carboxylic acid groups (broad SMARTS) is 2. The quantitative estimate of drug-likeness (QED) is 0.0853. The number of nitrogens with one attached hydrogen (secondary N) is 5. The van der Waals surface area contributed by atoms with Crippen LogP contribution in [0.25, 0.3) is 0 Å². The van der Waals surface area contributed by atoms with Gasteiger partial charge in [0.1, 0.15) is 30.2 Å². The van der Waals surface area contributed by atoms with Gasteiger partial charge in [-0.2, -0.15) is 0 Å². The van der Waals surface area contributed by atoms with E-state index in [-0.39, 0.29) is 25.4 Å². The van der Waals surface area contributed by atoms with Crippen LogP contribution in [0, 0.1) is 17.8 Å². The molecule has 5 atom stereocenters. The summed E-state index contributed by atoms with van der Waals surface area (Å²) in [6, 6.07) is 10.8. The standard InChI is InChI=1S/C39H55N7O10/c1-22(2)17-29(38(54)55)43-35(51)28(19-31(48)49)41-34(50)27(18-30(40)47)42-36(52)32(23(3)4)44-37(53)33(24(5)6)45-39(56)46(20-25-13-9-7-10-14-25)21-26-15-11-8-12-16-26/h7-16,22-24,27-29,32-33H,17-21H2,1-6H3,(H2,40,47)(H,41,50)(H,42,52)(H,43,51)(H,44,53)(H,45,56)(H,48,49)(H,54,55)/t27-,28-,29-,32-,33-/m0/s1. The number of carbonyl (C=O) groups excluding carboxylic acids is 6. The van der Waals surface area contributed by atoms with Crippen molar-refractivity contribution < 1.29 is 48.6 Å². The lowest BCUT2D eigenvalue weighted by atomic mass is 9.99. The highest BCUT2D eigenvalue weighted by Crippen LogP contribution is 2.14. The Kier molecular flexibility index (Phi) is 18.5. The molecule has 7 amide bonds. The highest BCUT2D eigenvalue weighted by molar-refractivity contribution is 5.98. The van der Waals surface area contributed by atoms with Gasteiger partial charge in [-0.25, -0.2) is 9.59 Å². The van der Waals surface area contributed by atoms with Gasteiger partial charge in [0.05, 0.1) is 12.8 Å². The van der Waals surface area contributed by atoms with Crippen LogP contribution >= 0.6 is 0 Å². The predicted octanol–water partition coefficient (Wildman–Crippen LogP) is 1.50. The molecule has 0 spiro atoms. The molecule has 0 aliphatic rings. The van der Waals surface area contributed by atoms with Gasteiger partial charge in [0.2, 0.25) is 29.5 Å². The molecule has 0 unspecified atom stereocenters. The number of urea groups is 1. The Morgan fingerprint density at radius 1 is 0.571 bits per heavy atom. The number of carbonyl (C=O) groups is 8. The second kappa shape index (κ2) is 22.4. The van der Waals surface area contributed by atoms with Gasteiger partial charge in [0.25, 0.3) is 0 Å². The fourth-order valence-corrected chi connectivity index (χ4v) is 5.64. The minimum atomic E-state index is -1.79. The Hall–Kier alpha value is -6.00. The van der Waals surface area contributed by atoms with Gasteiger partial charge in [-0.1, -0.05) is 102 Å². The van der Waals surface area contributed by atoms with Gasteiger partial charge >= 0.3 is 18.0 Å². The SMILES string of the molecule is CC(C)C[C@H](NC(=O)[C@H](CC(=O)O)NC(=O)[C@H](CC(N)=O)NC(=O)[C@@H](NC(=O)[C@@H](NC(=O)N(Cc1ccccc1)Cc1ccccc1)C(C)C)C(C)C)C(=O)O. The van der Waals surface area contributed by atoms with E-state index in [0.717, 1.165) is 11.1 Å². The summed E-state index contributed by atoms with van der Waals surface area (Å²) in [5.41, 5.74) is 7.08. The van der Waals surface area contributed by atoms with Crippen molar-refractivity contribution in [3.63, 3.8) is 0 Å². The average Bonchev–Trinajstić information content (AvgIpc) is 3.11. The molecule has 0 bridgehead atoms. The third-order valence-electron chi connectivity index (χ3n) is 8.57. The molecule has 306 valence electrons. The molecule has 56 heavy (non-hydrogen) atoms. The lowest BCUT2D eigenvalue weighted by Gasteiger charge is -2.30. The van der Waals surface area contributed by atoms with Gasteiger partial charge in [0.15, 0.2) is 0 Å². The molecule has 2 aromatic rings. The summed E-state index contributed by atoms with van der Waals surface area (Å²) in [6.45, 7) is 10.6. The molecule has 0 heterocycles. The summed E-state index contributed by atoms with van der Waals surface area (Å²) in [6.07, 6.45) is -1.71. The lowest BCUT2D eigenvalue weighted by molar-refractivity contribution is -0.144. The van der Waals surface area contributed by atoms with E-state index in [1.807, 2.05) is 60.7 Å². The van der Waals surface area contributed by atoms with Crippen LogP contribution in [-0.2, 0) is 46.7 Å². The summed E-state index contributed by atoms with van der Waals surface area (Å²) in [7, 11) is 0. The zero-order valence-corrected chi connectivity index (χ0v) is 32.6. The normalized spacial score (nSPS) is 13.7. The molecule has 0 saturated carbocycles. The maximum atomic E-state index is 13.8. The smallest absolute Gasteiger partial charge is 0.326 e. The number of benzene rings is 2. The molecular weight excluding hydrogens is 726 g/mol. The van der Waals surface area contributed by atoms with Crippen molar-refractivity contribution in [2.24, 2.45) is 23.5 Å². The van der Waals surface area contributed by atoms with E-state index in [0.29, 0.717) is 0 Å². The Bertz CT molecular complexity index is 1630. The van der Waals surface area contributed by atoms with Crippen molar-refractivity contribution in [3.8, 4) is 0 Å². The van der Waals surface area contributed by atoms with E-state index in [9.17, 15) is 48.6 Å². The predicted molar refractivity (Wildman–Crippen MR) is 205 cm³/mol. The number of carboxylic acids is 2. The molecule has 0 fully saturated rings. The number of nitrogens with two attached hydrogens (primary N) is 1. The van der Waals surface area contributed by atoms with E-state index < -0.39 is 102 Å². The monoisotopic (exact) mass is 781 g/mol. The first kappa shape index (κ1) is 46.2. The van der Waals surface area contributed by atoms with Crippen molar-refractivity contribution in [1.82, 2.24) is 31.5 Å². The molecule has 2 aromatic carbocycles. The molecule has 0 aromatic heterocycles. The number of amides is 7. The summed E-state index contributed by atoms with van der Waals surface area (Å²) in [5.74, 6) is -9.00. The topological polar surface area (TPSA) is 266 Å². The highest BCUT2D eigenvalue weighted by atomic mass is 16.4. The van der Waals surface area contributed by atoms with Crippen LogP contribution in [0.2, 0.25) is 0 Å². The van der Waals surface area contributed by atoms with Gasteiger partial charge in [0, 0.05) is 13.1 Å². The molecule has 0 saturated heterocycles. The Balaban J connectivity index is 2.27. The summed E-state index contributed by atoms with van der Waals surface area (Å²) < 4.78 is 0. The van der Waals surface area contributed by atoms with Crippen LogP contribution in [-0.4, -0.2) is 92.8 Å². The Morgan fingerprint density at radius 2 is 0.982 bits per heavy atom. The second-order valence-corrected chi connectivity index (χ2v) is 14.6. The van der Waals surface area contributed by atoms with E-state index >= 15 is 0 Å². The molecule has 0 aliphatic heterocycles. The van der Waals surface area contributed by atoms with E-state index in [4.69, 9.17) is 5.73 Å². The Labute approximate surface area is 326 Å². The van der Waals surface area contributed by atoms with Crippen molar-refractivity contribution in [2.75, 3.05) is 0 Å². The van der Waals surface area contributed by atoms with Gasteiger partial charge in [-0.05, 0) is 35.3 Å². The van der Waals surface area contributed by atoms with Crippen molar-refractivity contribution in [3.05, 3.63) is 71.8 Å². The van der Waals surface area contributed by atoms with Crippen LogP contribution in [0.4, 0.5) is 4.79 Å². The largest absolute Gasteiger partial charge is 0.481 e. The van der Waals surface area contributed by atoms with E-state index in [1.165, 1.54) is 0 Å². The molecule has 2 rings (SSSR count). The van der Waals surface area contributed by atoms with Crippen LogP contribution in [0.15, 0.2) is 60.7 Å². The maximum absolute atomic E-state index is 13.8. The molecule has 0 aliphatic carbocycles. The van der Waals surface area contributed by atoms with Crippen LogP contribution in [0.1, 0.15) is 71.9 Å². The van der Waals surface area contributed by atoms with Crippen LogP contribution < -0.4 is 32.3 Å². The van der Waals surface area contributed by atoms with E-state index in [1.54, 1.807) is 46.4 Å². The summed E-state index contributed by atoms with van der Waals surface area (Å²) >= 11 is 0. The fraction of sp³-hybridized carbons (Fsp3) is 0.487. The van der Waals surface area contributed by atoms with Gasteiger partial charge < -0.3 is 47.4 Å². The van der Waals surface area contributed by atoms with Crippen LogP contribution in [0.5, 0.6) is 0 Å². The van der Waals surface area contributed by atoms with Crippen molar-refractivity contribution in [2.45, 2.75) is 104 Å². The Morgan fingerprint density at radius 3 is 1.39 bits per heavy atom. The maximum Gasteiger partial charge on any atom is 0.326 e. The minimum absolute atomic E-state index is 0.0124. The van der Waals surface area contributed by atoms with E-state index in [2.05, 4.69) is 26.6 Å². The molecule has 17 nitrogen and oxygen atoms in total.